The largest absolute Gasteiger partial charge is 0.398 e. The summed E-state index contributed by atoms with van der Waals surface area (Å²) in [5, 5.41) is 0. The van der Waals surface area contributed by atoms with Crippen LogP contribution < -0.4 is 10.5 Å². The van der Waals surface area contributed by atoms with E-state index in [0.29, 0.717) is 6.42 Å². The van der Waals surface area contributed by atoms with Gasteiger partial charge in [0.05, 0.1) is 11.1 Å². The van der Waals surface area contributed by atoms with Gasteiger partial charge in [0.25, 0.3) is 10.0 Å². The van der Waals surface area contributed by atoms with Crippen molar-refractivity contribution in [1.29, 1.82) is 0 Å². The van der Waals surface area contributed by atoms with Gasteiger partial charge in [0.1, 0.15) is 4.90 Å². The van der Waals surface area contributed by atoms with E-state index in [1.165, 1.54) is 12.1 Å². The monoisotopic (exact) mass is 280 g/mol. The molecule has 1 aliphatic rings. The molecule has 0 aromatic heterocycles. The first-order valence-corrected chi connectivity index (χ1v) is 7.34. The Labute approximate surface area is 112 Å². The quantitative estimate of drug-likeness (QED) is 0.642. The molecule has 0 saturated heterocycles. The Bertz CT molecular complexity index is 639. The highest BCUT2D eigenvalue weighted by atomic mass is 32.2. The summed E-state index contributed by atoms with van der Waals surface area (Å²) >= 11 is 0. The van der Waals surface area contributed by atoms with Crippen LogP contribution >= 0.6 is 0 Å². The first kappa shape index (κ1) is 13.6. The zero-order chi connectivity index (χ0) is 14.3. The number of carbonyl (C=O) groups excluding carboxylic acids is 1. The topological polar surface area (TPSA) is 89.3 Å². The highest BCUT2D eigenvalue weighted by molar-refractivity contribution is 7.90. The molecule has 1 amide bonds. The molecule has 0 radical (unpaired) electrons. The molecule has 0 unspecified atom stereocenters. The van der Waals surface area contributed by atoms with Gasteiger partial charge in [-0.05, 0) is 24.5 Å². The summed E-state index contributed by atoms with van der Waals surface area (Å²) < 4.78 is 26.3. The second kappa shape index (κ2) is 4.38. The molecule has 1 fully saturated rings. The summed E-state index contributed by atoms with van der Waals surface area (Å²) in [6.45, 7) is 5.34. The van der Waals surface area contributed by atoms with Crippen molar-refractivity contribution < 1.29 is 13.2 Å². The third-order valence-corrected chi connectivity index (χ3v) is 4.95. The third-order valence-electron chi connectivity index (χ3n) is 3.54. The van der Waals surface area contributed by atoms with E-state index in [1.807, 2.05) is 0 Å². The predicted molar refractivity (Wildman–Crippen MR) is 72.6 cm³/mol. The first-order chi connectivity index (χ1) is 8.81. The Kier molecular flexibility index (Phi) is 3.14. The Morgan fingerprint density at radius 2 is 2.16 bits per heavy atom. The maximum Gasteiger partial charge on any atom is 0.266 e. The molecule has 1 aromatic carbocycles. The van der Waals surface area contributed by atoms with Crippen LogP contribution in [0.4, 0.5) is 5.69 Å². The summed E-state index contributed by atoms with van der Waals surface area (Å²) in [6, 6.07) is 6.03. The predicted octanol–water partition coefficient (Wildman–Crippen LogP) is 1.29. The van der Waals surface area contributed by atoms with E-state index in [9.17, 15) is 13.2 Å². The summed E-state index contributed by atoms with van der Waals surface area (Å²) in [5.74, 6) is -0.489. The van der Waals surface area contributed by atoms with Crippen molar-refractivity contribution in [3.05, 3.63) is 36.9 Å². The Balaban J connectivity index is 2.22. The van der Waals surface area contributed by atoms with Crippen LogP contribution in [-0.4, -0.2) is 14.3 Å². The van der Waals surface area contributed by atoms with Gasteiger partial charge in [-0.25, -0.2) is 13.1 Å². The molecule has 5 nitrogen and oxygen atoms in total. The van der Waals surface area contributed by atoms with E-state index in [1.54, 1.807) is 25.1 Å². The minimum absolute atomic E-state index is 0.0239. The van der Waals surface area contributed by atoms with Crippen LogP contribution in [-0.2, 0) is 14.8 Å². The minimum Gasteiger partial charge on any atom is -0.398 e. The zero-order valence-electron chi connectivity index (χ0n) is 10.6. The number of carbonyl (C=O) groups is 1. The lowest BCUT2D eigenvalue weighted by Crippen LogP contribution is -2.36. The molecule has 0 bridgehead atoms. The van der Waals surface area contributed by atoms with E-state index in [2.05, 4.69) is 11.3 Å². The second-order valence-electron chi connectivity index (χ2n) is 4.94. The Morgan fingerprint density at radius 3 is 2.68 bits per heavy atom. The minimum atomic E-state index is -3.92. The van der Waals surface area contributed by atoms with Gasteiger partial charge in [-0.1, -0.05) is 25.1 Å². The Hall–Kier alpha value is -1.82. The van der Waals surface area contributed by atoms with Gasteiger partial charge < -0.3 is 5.73 Å². The molecule has 0 spiro atoms. The van der Waals surface area contributed by atoms with Crippen LogP contribution in [0.25, 0.3) is 0 Å². The van der Waals surface area contributed by atoms with Crippen LogP contribution in [0.15, 0.2) is 41.8 Å². The number of nitrogens with two attached hydrogens (primary N) is 1. The van der Waals surface area contributed by atoms with E-state index in [0.717, 1.165) is 0 Å². The standard InChI is InChI=1S/C13H16N2O3S/c1-3-9-8-13(9,2)12(16)15-19(17,18)11-7-5-4-6-10(11)14/h3-7,9H,1,8,14H2,2H3,(H,15,16)/t9-,13+/m1/s1. The van der Waals surface area contributed by atoms with Crippen LogP contribution in [0.5, 0.6) is 0 Å². The molecule has 3 N–H and O–H groups in total. The molecule has 2 atom stereocenters. The lowest BCUT2D eigenvalue weighted by Gasteiger charge is -2.12. The van der Waals surface area contributed by atoms with Crippen LogP contribution in [0.2, 0.25) is 0 Å². The fourth-order valence-corrected chi connectivity index (χ4v) is 3.24. The first-order valence-electron chi connectivity index (χ1n) is 5.85. The number of allylic oxidation sites excluding steroid dienone is 1. The zero-order valence-corrected chi connectivity index (χ0v) is 11.4. The van der Waals surface area contributed by atoms with Crippen molar-refractivity contribution in [3.8, 4) is 0 Å². The Morgan fingerprint density at radius 1 is 1.53 bits per heavy atom. The number of benzene rings is 1. The molecule has 102 valence electrons. The van der Waals surface area contributed by atoms with Gasteiger partial charge >= 0.3 is 0 Å². The number of anilines is 1. The van der Waals surface area contributed by atoms with Gasteiger partial charge in [-0.3, -0.25) is 4.79 Å². The van der Waals surface area contributed by atoms with E-state index < -0.39 is 21.3 Å². The van der Waals surface area contributed by atoms with Gasteiger partial charge in [0, 0.05) is 0 Å². The number of nitrogen functional groups attached to an aromatic ring is 1. The number of sulfonamides is 1. The van der Waals surface area contributed by atoms with Gasteiger partial charge in [-0.15, -0.1) is 6.58 Å². The van der Waals surface area contributed by atoms with E-state index in [-0.39, 0.29) is 16.5 Å². The lowest BCUT2D eigenvalue weighted by atomic mass is 10.1. The fourth-order valence-electron chi connectivity index (χ4n) is 2.02. The van der Waals surface area contributed by atoms with Gasteiger partial charge in [0.15, 0.2) is 0 Å². The van der Waals surface area contributed by atoms with Crippen molar-refractivity contribution >= 4 is 21.6 Å². The van der Waals surface area contributed by atoms with E-state index in [4.69, 9.17) is 5.73 Å². The SMILES string of the molecule is C=C[C@@H]1C[C@]1(C)C(=O)NS(=O)(=O)c1ccccc1N. The molecule has 6 heteroatoms. The lowest BCUT2D eigenvalue weighted by molar-refractivity contribution is -0.124. The van der Waals surface area contributed by atoms with Crippen molar-refractivity contribution in [1.82, 2.24) is 4.72 Å². The van der Waals surface area contributed by atoms with E-state index >= 15 is 0 Å². The molecule has 0 heterocycles. The van der Waals surface area contributed by atoms with Gasteiger partial charge in [-0.2, -0.15) is 0 Å². The van der Waals surface area contributed by atoms with Crippen LogP contribution in [0, 0.1) is 11.3 Å². The average Bonchev–Trinajstić information content (AvgIpc) is 3.02. The highest BCUT2D eigenvalue weighted by Gasteiger charge is 2.55. The van der Waals surface area contributed by atoms with Crippen LogP contribution in [0.1, 0.15) is 13.3 Å². The number of para-hydroxylation sites is 1. The molecule has 1 aliphatic carbocycles. The maximum absolute atomic E-state index is 12.1. The van der Waals surface area contributed by atoms with Crippen molar-refractivity contribution in [3.63, 3.8) is 0 Å². The smallest absolute Gasteiger partial charge is 0.266 e. The molecule has 1 aromatic rings. The van der Waals surface area contributed by atoms with Crippen molar-refractivity contribution in [2.45, 2.75) is 18.2 Å². The number of nitrogens with one attached hydrogen (secondary N) is 1. The van der Waals surface area contributed by atoms with Crippen LogP contribution in [0.3, 0.4) is 0 Å². The normalized spacial score (nSPS) is 25.6. The average molecular weight is 280 g/mol. The second-order valence-corrected chi connectivity index (χ2v) is 6.59. The highest BCUT2D eigenvalue weighted by Crippen LogP contribution is 2.53. The third kappa shape index (κ3) is 2.35. The summed E-state index contributed by atoms with van der Waals surface area (Å²) in [7, 11) is -3.92. The number of hydrogen-bond donors (Lipinski definition) is 2. The summed E-state index contributed by atoms with van der Waals surface area (Å²) in [4.78, 5) is 11.9. The number of amides is 1. The summed E-state index contributed by atoms with van der Waals surface area (Å²) in [6.07, 6.45) is 2.28. The van der Waals surface area contributed by atoms with Gasteiger partial charge in [0.2, 0.25) is 5.91 Å². The molecule has 1 saturated carbocycles. The number of hydrogen-bond acceptors (Lipinski definition) is 4. The molecule has 0 aliphatic heterocycles. The number of rotatable bonds is 4. The molecule has 19 heavy (non-hydrogen) atoms. The van der Waals surface area contributed by atoms with Crippen molar-refractivity contribution in [2.75, 3.05) is 5.73 Å². The fraction of sp³-hybridized carbons (Fsp3) is 0.308. The molecule has 2 rings (SSSR count). The van der Waals surface area contributed by atoms with Crippen molar-refractivity contribution in [2.24, 2.45) is 11.3 Å². The maximum atomic E-state index is 12.1. The molecular weight excluding hydrogens is 264 g/mol. The molecular formula is C13H16N2O3S. The summed E-state index contributed by atoms with van der Waals surface area (Å²) in [5.41, 5.74) is 5.05.